The third-order valence-corrected chi connectivity index (χ3v) is 2.69. The summed E-state index contributed by atoms with van der Waals surface area (Å²) in [6.07, 6.45) is 4.74. The fraction of sp³-hybridized carbons (Fsp3) is 0.526. The largest absolute Gasteiger partial charge is 0.494 e. The lowest BCUT2D eigenvalue weighted by Crippen LogP contribution is -1.99. The van der Waals surface area contributed by atoms with E-state index in [1.54, 1.807) is 6.26 Å². The predicted molar refractivity (Wildman–Crippen MR) is 94.6 cm³/mol. The highest BCUT2D eigenvalue weighted by Crippen LogP contribution is 2.09. The van der Waals surface area contributed by atoms with Crippen molar-refractivity contribution in [2.75, 3.05) is 13.2 Å². The monoisotopic (exact) mass is 321 g/mol. The first-order chi connectivity index (χ1) is 11.4. The summed E-state index contributed by atoms with van der Waals surface area (Å²) in [6, 6.07) is 11.7. The summed E-state index contributed by atoms with van der Waals surface area (Å²) in [6.45, 7) is 10.0. The van der Waals surface area contributed by atoms with Gasteiger partial charge in [0.05, 0.1) is 13.2 Å². The molecule has 0 atom stereocenters. The molecule has 1 heterocycles. The van der Waals surface area contributed by atoms with Gasteiger partial charge >= 0.3 is 0 Å². The number of nitrogens with zero attached hydrogens (tertiary/aromatic N) is 1. The minimum Gasteiger partial charge on any atom is -0.494 e. The normalized spacial score (nSPS) is 9.22. The average molecular weight is 321 g/mol. The van der Waals surface area contributed by atoms with E-state index >= 15 is 0 Å². The van der Waals surface area contributed by atoms with Crippen LogP contribution >= 0.6 is 0 Å². The van der Waals surface area contributed by atoms with E-state index in [4.69, 9.17) is 14.0 Å². The summed E-state index contributed by atoms with van der Waals surface area (Å²) in [5, 5.41) is 3.78. The van der Waals surface area contributed by atoms with Crippen molar-refractivity contribution in [3.05, 3.63) is 48.4 Å². The summed E-state index contributed by atoms with van der Waals surface area (Å²) in [4.78, 5) is 0. The van der Waals surface area contributed by atoms with E-state index in [0.717, 1.165) is 43.9 Å². The number of para-hydroxylation sites is 1. The van der Waals surface area contributed by atoms with Crippen LogP contribution in [0.3, 0.4) is 0 Å². The lowest BCUT2D eigenvalue weighted by Gasteiger charge is -2.05. The topological polar surface area (TPSA) is 44.5 Å². The molecular weight excluding hydrogens is 290 g/mol. The molecule has 0 aliphatic carbocycles. The Morgan fingerprint density at radius 3 is 2.22 bits per heavy atom. The fourth-order valence-corrected chi connectivity index (χ4v) is 1.68. The minimum absolute atomic E-state index is 0.525. The zero-order valence-electron chi connectivity index (χ0n) is 15.0. The Balaban J connectivity index is 0.00000112. The van der Waals surface area contributed by atoms with Crippen LogP contribution in [-0.2, 0) is 11.3 Å². The molecule has 4 nitrogen and oxygen atoms in total. The van der Waals surface area contributed by atoms with E-state index in [9.17, 15) is 0 Å². The van der Waals surface area contributed by atoms with E-state index in [1.807, 2.05) is 64.1 Å². The molecule has 1 aromatic carbocycles. The second-order valence-corrected chi connectivity index (χ2v) is 4.27. The molecule has 0 unspecified atom stereocenters. The van der Waals surface area contributed by atoms with E-state index in [2.05, 4.69) is 5.16 Å². The van der Waals surface area contributed by atoms with Crippen molar-refractivity contribution in [2.45, 2.75) is 53.6 Å². The molecule has 2 rings (SSSR count). The molecule has 0 amide bonds. The van der Waals surface area contributed by atoms with Crippen molar-refractivity contribution < 1.29 is 14.0 Å². The van der Waals surface area contributed by atoms with Gasteiger partial charge in [0.2, 0.25) is 0 Å². The number of hydrogen-bond donors (Lipinski definition) is 0. The summed E-state index contributed by atoms with van der Waals surface area (Å²) < 4.78 is 15.8. The lowest BCUT2D eigenvalue weighted by atomic mass is 10.2. The lowest BCUT2D eigenvalue weighted by molar-refractivity contribution is 0.111. The number of rotatable bonds is 9. The number of benzene rings is 1. The Hall–Kier alpha value is -1.81. The average Bonchev–Trinajstić information content (AvgIpc) is 3.15. The molecule has 0 radical (unpaired) electrons. The van der Waals surface area contributed by atoms with Crippen molar-refractivity contribution in [3.63, 3.8) is 0 Å². The van der Waals surface area contributed by atoms with Gasteiger partial charge in [-0.2, -0.15) is 0 Å². The maximum atomic E-state index is 5.61. The van der Waals surface area contributed by atoms with E-state index in [0.29, 0.717) is 6.61 Å². The van der Waals surface area contributed by atoms with Crippen LogP contribution in [0.1, 0.15) is 52.7 Å². The van der Waals surface area contributed by atoms with Crippen LogP contribution in [0.2, 0.25) is 0 Å². The van der Waals surface area contributed by atoms with Crippen molar-refractivity contribution in [1.82, 2.24) is 5.16 Å². The molecule has 0 aliphatic rings. The summed E-state index contributed by atoms with van der Waals surface area (Å²) in [5.41, 5.74) is 0.840. The van der Waals surface area contributed by atoms with Gasteiger partial charge in [0.15, 0.2) is 0 Å². The Bertz CT molecular complexity index is 429. The number of ether oxygens (including phenoxy) is 2. The Morgan fingerprint density at radius 1 is 0.870 bits per heavy atom. The van der Waals surface area contributed by atoms with Crippen LogP contribution in [0.5, 0.6) is 5.75 Å². The first-order valence-corrected chi connectivity index (χ1v) is 8.60. The second-order valence-electron chi connectivity index (χ2n) is 4.27. The van der Waals surface area contributed by atoms with Gasteiger partial charge in [0, 0.05) is 12.7 Å². The predicted octanol–water partition coefficient (Wildman–Crippen LogP) is 5.49. The molecule has 0 N–H and O–H groups in total. The maximum absolute atomic E-state index is 5.61. The first kappa shape index (κ1) is 21.2. The van der Waals surface area contributed by atoms with Crippen LogP contribution in [0.25, 0.3) is 0 Å². The molecule has 0 spiro atoms. The molecule has 2 aromatic rings. The van der Waals surface area contributed by atoms with Gasteiger partial charge in [-0.1, -0.05) is 51.1 Å². The highest BCUT2D eigenvalue weighted by atomic mass is 16.5. The number of aromatic nitrogens is 1. The van der Waals surface area contributed by atoms with Gasteiger partial charge in [-0.15, -0.1) is 0 Å². The molecule has 0 fully saturated rings. The summed E-state index contributed by atoms with van der Waals surface area (Å²) in [7, 11) is 0. The Labute approximate surface area is 140 Å². The van der Waals surface area contributed by atoms with Gasteiger partial charge in [-0.05, 0) is 31.4 Å². The summed E-state index contributed by atoms with van der Waals surface area (Å²) >= 11 is 0. The van der Waals surface area contributed by atoms with Crippen molar-refractivity contribution in [1.29, 1.82) is 0 Å². The Morgan fingerprint density at radius 2 is 1.57 bits per heavy atom. The summed E-state index contributed by atoms with van der Waals surface area (Å²) in [5.74, 6) is 0.935. The third kappa shape index (κ3) is 11.4. The standard InChI is InChI=1S/C15H19NO3.2C2H6/c1-3-7-15(8-4-1)18-11-6-2-5-10-17-13-14-9-12-19-16-14;2*1-2/h1,3-4,7-9,12H,2,5-6,10-11,13H2;2*1-2H3. The molecule has 0 bridgehead atoms. The first-order valence-electron chi connectivity index (χ1n) is 8.60. The number of unbranched alkanes of at least 4 members (excludes halogenated alkanes) is 2. The molecule has 23 heavy (non-hydrogen) atoms. The van der Waals surface area contributed by atoms with Gasteiger partial charge < -0.3 is 14.0 Å². The van der Waals surface area contributed by atoms with E-state index in [-0.39, 0.29) is 0 Å². The second kappa shape index (κ2) is 16.6. The SMILES string of the molecule is CC.CC.c1ccc(OCCCCCOCc2ccon2)cc1. The van der Waals surface area contributed by atoms with Crippen LogP contribution in [0.15, 0.2) is 47.2 Å². The molecule has 1 aromatic heterocycles. The fourth-order valence-electron chi connectivity index (χ4n) is 1.68. The van der Waals surface area contributed by atoms with Gasteiger partial charge in [0.1, 0.15) is 17.7 Å². The van der Waals surface area contributed by atoms with Crippen molar-refractivity contribution >= 4 is 0 Å². The third-order valence-electron chi connectivity index (χ3n) is 2.69. The van der Waals surface area contributed by atoms with Gasteiger partial charge in [-0.3, -0.25) is 0 Å². The van der Waals surface area contributed by atoms with Crippen LogP contribution < -0.4 is 4.74 Å². The van der Waals surface area contributed by atoms with Crippen molar-refractivity contribution in [2.24, 2.45) is 0 Å². The van der Waals surface area contributed by atoms with Gasteiger partial charge in [-0.25, -0.2) is 0 Å². The zero-order valence-corrected chi connectivity index (χ0v) is 15.0. The van der Waals surface area contributed by atoms with Crippen LogP contribution in [0, 0.1) is 0 Å². The van der Waals surface area contributed by atoms with Crippen molar-refractivity contribution in [3.8, 4) is 5.75 Å². The smallest absolute Gasteiger partial charge is 0.124 e. The highest BCUT2D eigenvalue weighted by Gasteiger charge is 1.96. The van der Waals surface area contributed by atoms with Gasteiger partial charge in [0.25, 0.3) is 0 Å². The molecule has 4 heteroatoms. The maximum Gasteiger partial charge on any atom is 0.124 e. The zero-order chi connectivity index (χ0) is 17.2. The van der Waals surface area contributed by atoms with E-state index < -0.39 is 0 Å². The minimum atomic E-state index is 0.525. The van der Waals surface area contributed by atoms with E-state index in [1.165, 1.54) is 0 Å². The quantitative estimate of drug-likeness (QED) is 0.573. The van der Waals surface area contributed by atoms with Crippen LogP contribution in [-0.4, -0.2) is 18.4 Å². The molecule has 0 saturated heterocycles. The van der Waals surface area contributed by atoms with Crippen LogP contribution in [0.4, 0.5) is 0 Å². The molecule has 0 aliphatic heterocycles. The molecule has 0 saturated carbocycles. The Kier molecular flexibility index (Phi) is 15.3. The molecule has 130 valence electrons. The highest BCUT2D eigenvalue weighted by molar-refractivity contribution is 5.20. The molecular formula is C19H31NO3. The number of hydrogen-bond acceptors (Lipinski definition) is 4.